The lowest BCUT2D eigenvalue weighted by Gasteiger charge is -2.39. The molecule has 0 spiro atoms. The van der Waals surface area contributed by atoms with Crippen LogP contribution in [0.1, 0.15) is 45.6 Å². The summed E-state index contributed by atoms with van der Waals surface area (Å²) in [7, 11) is 0. The van der Waals surface area contributed by atoms with Crippen LogP contribution in [0.15, 0.2) is 29.7 Å². The largest absolute Gasteiger partial charge is 0.411 e. The Kier molecular flexibility index (Phi) is 3.27. The van der Waals surface area contributed by atoms with Crippen LogP contribution in [-0.4, -0.2) is 21.8 Å². The Bertz CT molecular complexity index is 626. The van der Waals surface area contributed by atoms with Crippen LogP contribution in [0.4, 0.5) is 0 Å². The van der Waals surface area contributed by atoms with Crippen molar-refractivity contribution in [2.75, 3.05) is 0 Å². The van der Waals surface area contributed by atoms with E-state index in [0.29, 0.717) is 13.0 Å². The third-order valence-electron chi connectivity index (χ3n) is 6.46. The molecule has 22 heavy (non-hydrogen) atoms. The van der Waals surface area contributed by atoms with E-state index >= 15 is 0 Å². The van der Waals surface area contributed by atoms with Crippen molar-refractivity contribution < 1.29 is 10.0 Å². The van der Waals surface area contributed by atoms with Crippen LogP contribution >= 0.6 is 0 Å². The molecule has 2 bridgehead atoms. The highest BCUT2D eigenvalue weighted by molar-refractivity contribution is 6.02. The van der Waals surface area contributed by atoms with E-state index in [1.54, 1.807) is 12.4 Å². The number of nitrogens with one attached hydrogen (secondary N) is 1. The number of aromatic nitrogens is 1. The molecular formula is C17H23N3O2. The smallest absolute Gasteiger partial charge is 0.227 e. The Balaban J connectivity index is 1.83. The summed E-state index contributed by atoms with van der Waals surface area (Å²) in [5.74, 6) is 0.0590. The van der Waals surface area contributed by atoms with Crippen molar-refractivity contribution in [3.63, 3.8) is 0 Å². The van der Waals surface area contributed by atoms with E-state index in [2.05, 4.69) is 36.2 Å². The van der Waals surface area contributed by atoms with Crippen LogP contribution < -0.4 is 5.32 Å². The van der Waals surface area contributed by atoms with Crippen molar-refractivity contribution in [2.24, 2.45) is 21.4 Å². The summed E-state index contributed by atoms with van der Waals surface area (Å²) in [5, 5.41) is 15.9. The number of nitrogens with zero attached hydrogens (tertiary/aromatic N) is 2. The molecule has 0 saturated heterocycles. The first kappa shape index (κ1) is 15.0. The van der Waals surface area contributed by atoms with E-state index in [1.165, 1.54) is 0 Å². The molecule has 1 heterocycles. The fourth-order valence-electron chi connectivity index (χ4n) is 4.39. The summed E-state index contributed by atoms with van der Waals surface area (Å²) in [4.78, 5) is 17.0. The summed E-state index contributed by atoms with van der Waals surface area (Å²) in [5.41, 5.74) is 0.847. The normalized spacial score (nSPS) is 34.0. The Morgan fingerprint density at radius 2 is 2.18 bits per heavy atom. The van der Waals surface area contributed by atoms with E-state index < -0.39 is 5.41 Å². The number of pyridine rings is 1. The zero-order valence-corrected chi connectivity index (χ0v) is 13.4. The minimum Gasteiger partial charge on any atom is -0.411 e. The second-order valence-corrected chi connectivity index (χ2v) is 7.31. The van der Waals surface area contributed by atoms with Gasteiger partial charge in [0.2, 0.25) is 5.91 Å². The highest BCUT2D eigenvalue weighted by atomic mass is 16.4. The number of fused-ring (bicyclic) bond motifs is 2. The second kappa shape index (κ2) is 4.80. The van der Waals surface area contributed by atoms with Gasteiger partial charge >= 0.3 is 0 Å². The highest BCUT2D eigenvalue weighted by Crippen LogP contribution is 2.70. The van der Waals surface area contributed by atoms with Gasteiger partial charge < -0.3 is 10.5 Å². The van der Waals surface area contributed by atoms with Gasteiger partial charge in [-0.15, -0.1) is 0 Å². The molecule has 0 aliphatic heterocycles. The Morgan fingerprint density at radius 3 is 2.77 bits per heavy atom. The quantitative estimate of drug-likeness (QED) is 0.666. The van der Waals surface area contributed by atoms with E-state index in [9.17, 15) is 10.0 Å². The summed E-state index contributed by atoms with van der Waals surface area (Å²) < 4.78 is 0. The lowest BCUT2D eigenvalue weighted by atomic mass is 9.64. The van der Waals surface area contributed by atoms with E-state index in [1.807, 2.05) is 12.1 Å². The Hall–Kier alpha value is -1.91. The lowest BCUT2D eigenvalue weighted by molar-refractivity contribution is -0.136. The maximum absolute atomic E-state index is 12.9. The second-order valence-electron chi connectivity index (χ2n) is 7.31. The lowest BCUT2D eigenvalue weighted by Crippen LogP contribution is -2.46. The molecule has 118 valence electrons. The van der Waals surface area contributed by atoms with Gasteiger partial charge in [-0.25, -0.2) is 0 Å². The SMILES string of the molecule is CC12CCC(C(=O)NCc3cccnc3)(C/C1=N\O)C2(C)C. The van der Waals surface area contributed by atoms with Crippen LogP contribution in [0, 0.1) is 16.2 Å². The van der Waals surface area contributed by atoms with Crippen LogP contribution in [0.5, 0.6) is 0 Å². The fourth-order valence-corrected chi connectivity index (χ4v) is 4.39. The van der Waals surface area contributed by atoms with Crippen LogP contribution in [0.3, 0.4) is 0 Å². The predicted molar refractivity (Wildman–Crippen MR) is 83.5 cm³/mol. The summed E-state index contributed by atoms with van der Waals surface area (Å²) in [6.07, 6.45) is 5.76. The predicted octanol–water partition coefficient (Wildman–Crippen LogP) is 2.74. The fraction of sp³-hybridized carbons (Fsp3) is 0.588. The van der Waals surface area contributed by atoms with E-state index in [4.69, 9.17) is 0 Å². The molecule has 1 aromatic heterocycles. The molecule has 2 aliphatic carbocycles. The Labute approximate surface area is 130 Å². The van der Waals surface area contributed by atoms with Crippen molar-refractivity contribution in [3.05, 3.63) is 30.1 Å². The summed E-state index contributed by atoms with van der Waals surface area (Å²) >= 11 is 0. The zero-order chi connectivity index (χ0) is 16.0. The number of rotatable bonds is 3. The number of amides is 1. The number of oxime groups is 1. The molecule has 2 aliphatic rings. The molecule has 2 N–H and O–H groups in total. The molecule has 0 aromatic carbocycles. The van der Waals surface area contributed by atoms with Gasteiger partial charge in [-0.3, -0.25) is 9.78 Å². The molecule has 1 aromatic rings. The molecule has 2 unspecified atom stereocenters. The first-order valence-electron chi connectivity index (χ1n) is 7.76. The van der Waals surface area contributed by atoms with Crippen molar-refractivity contribution >= 4 is 11.6 Å². The van der Waals surface area contributed by atoms with Crippen LogP contribution in [0.25, 0.3) is 0 Å². The van der Waals surface area contributed by atoms with Gasteiger partial charge in [-0.05, 0) is 29.9 Å². The van der Waals surface area contributed by atoms with Gasteiger partial charge in [0.15, 0.2) is 0 Å². The standard InChI is InChI=1S/C17H23N3O2/c1-15(2)16(3)6-7-17(15,9-13(16)20-22)14(21)19-11-12-5-4-8-18-10-12/h4-5,8,10,22H,6-7,9,11H2,1-3H3,(H,19,21)/b20-13+. The Morgan fingerprint density at radius 1 is 1.41 bits per heavy atom. The monoisotopic (exact) mass is 301 g/mol. The summed E-state index contributed by atoms with van der Waals surface area (Å²) in [6, 6.07) is 3.81. The van der Waals surface area contributed by atoms with Crippen molar-refractivity contribution in [1.82, 2.24) is 10.3 Å². The van der Waals surface area contributed by atoms with E-state index in [0.717, 1.165) is 24.1 Å². The minimum atomic E-state index is -0.481. The van der Waals surface area contributed by atoms with Gasteiger partial charge in [0, 0.05) is 30.8 Å². The maximum atomic E-state index is 12.9. The van der Waals surface area contributed by atoms with Crippen molar-refractivity contribution in [3.8, 4) is 0 Å². The first-order chi connectivity index (χ1) is 10.4. The van der Waals surface area contributed by atoms with Gasteiger partial charge in [-0.1, -0.05) is 32.0 Å². The molecule has 1 amide bonds. The highest BCUT2D eigenvalue weighted by Gasteiger charge is 2.71. The van der Waals surface area contributed by atoms with Crippen molar-refractivity contribution in [1.29, 1.82) is 0 Å². The third kappa shape index (κ3) is 1.74. The molecule has 5 heteroatoms. The van der Waals surface area contributed by atoms with Gasteiger partial charge in [0.1, 0.15) is 0 Å². The number of carbonyl (C=O) groups is 1. The van der Waals surface area contributed by atoms with Crippen LogP contribution in [-0.2, 0) is 11.3 Å². The van der Waals surface area contributed by atoms with E-state index in [-0.39, 0.29) is 16.7 Å². The molecule has 2 atom stereocenters. The molecule has 2 saturated carbocycles. The molecule has 3 rings (SSSR count). The number of carbonyl (C=O) groups excluding carboxylic acids is 1. The van der Waals surface area contributed by atoms with Gasteiger partial charge in [-0.2, -0.15) is 0 Å². The average Bonchev–Trinajstić information content (AvgIpc) is 2.83. The van der Waals surface area contributed by atoms with Crippen LogP contribution in [0.2, 0.25) is 0 Å². The molecule has 5 nitrogen and oxygen atoms in total. The third-order valence-corrected chi connectivity index (χ3v) is 6.46. The zero-order valence-electron chi connectivity index (χ0n) is 13.4. The van der Waals surface area contributed by atoms with Gasteiger partial charge in [0.05, 0.1) is 11.1 Å². The number of hydrogen-bond acceptors (Lipinski definition) is 4. The molecule has 0 radical (unpaired) electrons. The average molecular weight is 301 g/mol. The number of hydrogen-bond donors (Lipinski definition) is 2. The summed E-state index contributed by atoms with van der Waals surface area (Å²) in [6.45, 7) is 6.85. The maximum Gasteiger partial charge on any atom is 0.227 e. The first-order valence-corrected chi connectivity index (χ1v) is 7.76. The molecule has 2 fully saturated rings. The van der Waals surface area contributed by atoms with Gasteiger partial charge in [0.25, 0.3) is 0 Å². The molecular weight excluding hydrogens is 278 g/mol. The van der Waals surface area contributed by atoms with Crippen molar-refractivity contribution in [2.45, 2.75) is 46.6 Å². The minimum absolute atomic E-state index is 0.0590. The topological polar surface area (TPSA) is 74.6 Å².